The molecule has 0 bridgehead atoms. The number of carbonyl (C=O) groups is 1. The van der Waals surface area contributed by atoms with E-state index in [4.69, 9.17) is 16.6 Å². The normalized spacial score (nSPS) is 14.7. The minimum Gasteiger partial charge on any atom is -0.472 e. The molecule has 2 heterocycles. The Bertz CT molecular complexity index is 635. The number of hydrogen-bond acceptors (Lipinski definition) is 4. The third-order valence-electron chi connectivity index (χ3n) is 3.69. The van der Waals surface area contributed by atoms with Gasteiger partial charge in [-0.05, 0) is 30.4 Å². The number of nitrogens with one attached hydrogen (secondary N) is 1. The van der Waals surface area contributed by atoms with Crippen molar-refractivity contribution in [3.8, 4) is 0 Å². The molecule has 1 aromatic carbocycles. The van der Waals surface area contributed by atoms with Gasteiger partial charge in [0.2, 0.25) is 0 Å². The maximum atomic E-state index is 11.9. The summed E-state index contributed by atoms with van der Waals surface area (Å²) >= 11 is 5.32. The molecule has 0 saturated carbocycles. The summed E-state index contributed by atoms with van der Waals surface area (Å²) in [6.07, 6.45) is 2.88. The number of thiocarbonyl (C=S) groups is 1. The van der Waals surface area contributed by atoms with E-state index < -0.39 is 0 Å². The first kappa shape index (κ1) is 14.6. The van der Waals surface area contributed by atoms with E-state index in [0.29, 0.717) is 10.7 Å². The van der Waals surface area contributed by atoms with Crippen molar-refractivity contribution in [3.05, 3.63) is 54.5 Å². The summed E-state index contributed by atoms with van der Waals surface area (Å²) in [5, 5.41) is 3.22. The number of anilines is 1. The van der Waals surface area contributed by atoms with Crippen molar-refractivity contribution in [2.45, 2.75) is 0 Å². The van der Waals surface area contributed by atoms with Gasteiger partial charge in [-0.25, -0.2) is 0 Å². The summed E-state index contributed by atoms with van der Waals surface area (Å²) in [5.74, 6) is -0.232. The Balaban J connectivity index is 1.53. The number of furan rings is 1. The predicted octanol–water partition coefficient (Wildman–Crippen LogP) is 2.12. The fourth-order valence-electron chi connectivity index (χ4n) is 2.45. The van der Waals surface area contributed by atoms with Crippen LogP contribution in [0.1, 0.15) is 10.4 Å². The smallest absolute Gasteiger partial charge is 0.260 e. The zero-order valence-electron chi connectivity index (χ0n) is 12.1. The molecule has 114 valence electrons. The summed E-state index contributed by atoms with van der Waals surface area (Å²) < 4.78 is 4.90. The highest BCUT2D eigenvalue weighted by atomic mass is 32.1. The first-order valence-corrected chi connectivity index (χ1v) is 7.57. The fraction of sp³-hybridized carbons (Fsp3) is 0.250. The molecule has 0 atom stereocenters. The van der Waals surface area contributed by atoms with Crippen LogP contribution in [0.3, 0.4) is 0 Å². The summed E-state index contributed by atoms with van der Waals surface area (Å²) in [7, 11) is 0. The maximum absolute atomic E-state index is 11.9. The minimum absolute atomic E-state index is 0.232. The van der Waals surface area contributed by atoms with Gasteiger partial charge >= 0.3 is 0 Å². The molecule has 1 aliphatic heterocycles. The Hall–Kier alpha value is -2.34. The van der Waals surface area contributed by atoms with Crippen molar-refractivity contribution in [3.63, 3.8) is 0 Å². The highest BCUT2D eigenvalue weighted by molar-refractivity contribution is 7.80. The van der Waals surface area contributed by atoms with Gasteiger partial charge in [-0.15, -0.1) is 0 Å². The van der Waals surface area contributed by atoms with Crippen LogP contribution < -0.4 is 10.2 Å². The summed E-state index contributed by atoms with van der Waals surface area (Å²) in [5.41, 5.74) is 1.70. The molecule has 0 spiro atoms. The molecule has 1 aromatic heterocycles. The van der Waals surface area contributed by atoms with Crippen LogP contribution in [0.5, 0.6) is 0 Å². The molecule has 2 aromatic rings. The number of piperazine rings is 1. The second-order valence-corrected chi connectivity index (χ2v) is 5.47. The predicted molar refractivity (Wildman–Crippen MR) is 89.0 cm³/mol. The van der Waals surface area contributed by atoms with Crippen LogP contribution in [0.25, 0.3) is 0 Å². The topological polar surface area (TPSA) is 48.7 Å². The molecule has 0 aliphatic carbocycles. The van der Waals surface area contributed by atoms with E-state index in [1.54, 1.807) is 6.07 Å². The van der Waals surface area contributed by atoms with E-state index in [-0.39, 0.29) is 5.91 Å². The van der Waals surface area contributed by atoms with E-state index in [1.807, 2.05) is 23.1 Å². The lowest BCUT2D eigenvalue weighted by molar-refractivity contribution is 0.0972. The lowest BCUT2D eigenvalue weighted by Crippen LogP contribution is -2.52. The monoisotopic (exact) mass is 315 g/mol. The van der Waals surface area contributed by atoms with Gasteiger partial charge in [0.25, 0.3) is 5.91 Å². The Morgan fingerprint density at radius 3 is 2.45 bits per heavy atom. The van der Waals surface area contributed by atoms with Crippen LogP contribution >= 0.6 is 12.2 Å². The number of benzene rings is 1. The SMILES string of the molecule is O=C(NC(=S)N1CCN(c2ccccc2)CC1)c1ccoc1. The van der Waals surface area contributed by atoms with Gasteiger partial charge < -0.3 is 14.2 Å². The van der Waals surface area contributed by atoms with Crippen molar-refractivity contribution >= 4 is 28.9 Å². The molecule has 1 amide bonds. The van der Waals surface area contributed by atoms with E-state index in [2.05, 4.69) is 22.3 Å². The quantitative estimate of drug-likeness (QED) is 0.860. The zero-order chi connectivity index (χ0) is 15.4. The third kappa shape index (κ3) is 3.28. The summed E-state index contributed by atoms with van der Waals surface area (Å²) in [4.78, 5) is 16.3. The standard InChI is InChI=1S/C16H17N3O2S/c20-15(13-6-11-21-12-13)17-16(22)19-9-7-18(8-10-19)14-4-2-1-3-5-14/h1-6,11-12H,7-10H2,(H,17,20,22). The first-order chi connectivity index (χ1) is 10.7. The van der Waals surface area contributed by atoms with Gasteiger partial charge in [0.15, 0.2) is 5.11 Å². The van der Waals surface area contributed by atoms with Gasteiger partial charge in [-0.3, -0.25) is 10.1 Å². The van der Waals surface area contributed by atoms with E-state index >= 15 is 0 Å². The molecule has 22 heavy (non-hydrogen) atoms. The molecule has 0 unspecified atom stereocenters. The van der Waals surface area contributed by atoms with Gasteiger partial charge in [0.05, 0.1) is 11.8 Å². The summed E-state index contributed by atoms with van der Waals surface area (Å²) in [6.45, 7) is 3.34. The molecule has 0 radical (unpaired) electrons. The Kier molecular flexibility index (Phi) is 4.39. The van der Waals surface area contributed by atoms with E-state index in [0.717, 1.165) is 26.2 Å². The Morgan fingerprint density at radius 2 is 1.82 bits per heavy atom. The van der Waals surface area contributed by atoms with Crippen molar-refractivity contribution in [1.82, 2.24) is 10.2 Å². The molecule has 1 N–H and O–H groups in total. The number of amides is 1. The van der Waals surface area contributed by atoms with Crippen molar-refractivity contribution < 1.29 is 9.21 Å². The van der Waals surface area contributed by atoms with Crippen LogP contribution in [0.2, 0.25) is 0 Å². The van der Waals surface area contributed by atoms with Gasteiger partial charge in [-0.1, -0.05) is 18.2 Å². The minimum atomic E-state index is -0.232. The average Bonchev–Trinajstić information content (AvgIpc) is 3.10. The van der Waals surface area contributed by atoms with Crippen LogP contribution in [-0.4, -0.2) is 42.1 Å². The number of carbonyl (C=O) groups excluding carboxylic acids is 1. The Morgan fingerprint density at radius 1 is 1.09 bits per heavy atom. The number of rotatable bonds is 2. The van der Waals surface area contributed by atoms with Crippen molar-refractivity contribution in [1.29, 1.82) is 0 Å². The molecule has 3 rings (SSSR count). The molecule has 5 nitrogen and oxygen atoms in total. The number of hydrogen-bond donors (Lipinski definition) is 1. The largest absolute Gasteiger partial charge is 0.472 e. The highest BCUT2D eigenvalue weighted by Gasteiger charge is 2.20. The molecule has 1 saturated heterocycles. The lowest BCUT2D eigenvalue weighted by Gasteiger charge is -2.37. The van der Waals surface area contributed by atoms with Crippen LogP contribution in [-0.2, 0) is 0 Å². The molecular formula is C16H17N3O2S. The summed E-state index contributed by atoms with van der Waals surface area (Å²) in [6, 6.07) is 11.9. The fourth-order valence-corrected chi connectivity index (χ4v) is 2.72. The lowest BCUT2D eigenvalue weighted by atomic mass is 10.2. The van der Waals surface area contributed by atoms with Crippen molar-refractivity contribution in [2.75, 3.05) is 31.1 Å². The van der Waals surface area contributed by atoms with Gasteiger partial charge in [0, 0.05) is 31.9 Å². The Labute approximate surface area is 134 Å². The second-order valence-electron chi connectivity index (χ2n) is 5.08. The van der Waals surface area contributed by atoms with Crippen LogP contribution in [0, 0.1) is 0 Å². The molecular weight excluding hydrogens is 298 g/mol. The number of nitrogens with zero attached hydrogens (tertiary/aromatic N) is 2. The van der Waals surface area contributed by atoms with E-state index in [9.17, 15) is 4.79 Å². The highest BCUT2D eigenvalue weighted by Crippen LogP contribution is 2.15. The van der Waals surface area contributed by atoms with Crippen LogP contribution in [0.4, 0.5) is 5.69 Å². The van der Waals surface area contributed by atoms with Crippen LogP contribution in [0.15, 0.2) is 53.3 Å². The van der Waals surface area contributed by atoms with Gasteiger partial charge in [0.1, 0.15) is 6.26 Å². The van der Waals surface area contributed by atoms with E-state index in [1.165, 1.54) is 18.2 Å². The molecule has 1 aliphatic rings. The average molecular weight is 315 g/mol. The van der Waals surface area contributed by atoms with Crippen molar-refractivity contribution in [2.24, 2.45) is 0 Å². The number of para-hydroxylation sites is 1. The third-order valence-corrected chi connectivity index (χ3v) is 4.05. The first-order valence-electron chi connectivity index (χ1n) is 7.16. The molecule has 6 heteroatoms. The zero-order valence-corrected chi connectivity index (χ0v) is 12.9. The van der Waals surface area contributed by atoms with Gasteiger partial charge in [-0.2, -0.15) is 0 Å². The maximum Gasteiger partial charge on any atom is 0.260 e. The second kappa shape index (κ2) is 6.62. The molecule has 1 fully saturated rings.